The van der Waals surface area contributed by atoms with Crippen LogP contribution in [0.25, 0.3) is 0 Å². The molecule has 0 heterocycles. The van der Waals surface area contributed by atoms with Crippen molar-refractivity contribution < 1.29 is 27.1 Å². The number of anilines is 1. The molecule has 0 aliphatic rings. The molecule has 1 amide bonds. The van der Waals surface area contributed by atoms with E-state index >= 15 is 0 Å². The Hall–Kier alpha value is -2.52. The molecular weight excluding hydrogens is 378 g/mol. The van der Waals surface area contributed by atoms with Gasteiger partial charge in [-0.1, -0.05) is 12.1 Å². The van der Waals surface area contributed by atoms with E-state index in [-0.39, 0.29) is 24.6 Å². The molecule has 0 radical (unpaired) electrons. The molecular formula is C18H20F2N2O4S. The van der Waals surface area contributed by atoms with Crippen LogP contribution < -0.4 is 10.0 Å². The van der Waals surface area contributed by atoms with Crippen molar-refractivity contribution in [1.29, 1.82) is 0 Å². The number of rotatable bonds is 7. The van der Waals surface area contributed by atoms with E-state index in [1.165, 1.54) is 12.1 Å². The molecule has 6 nitrogen and oxygen atoms in total. The first-order valence-electron chi connectivity index (χ1n) is 8.01. The van der Waals surface area contributed by atoms with Gasteiger partial charge in [-0.3, -0.25) is 9.52 Å². The lowest BCUT2D eigenvalue weighted by atomic mass is 10.1. The summed E-state index contributed by atoms with van der Waals surface area (Å²) in [6.45, 7) is 3.16. The number of hydrogen-bond acceptors (Lipinski definition) is 4. The first-order valence-corrected chi connectivity index (χ1v) is 9.49. The zero-order chi connectivity index (χ0) is 20.2. The first-order chi connectivity index (χ1) is 12.5. The molecule has 3 N–H and O–H groups in total. The van der Waals surface area contributed by atoms with Crippen LogP contribution >= 0.6 is 0 Å². The van der Waals surface area contributed by atoms with Crippen LogP contribution in [-0.2, 0) is 21.2 Å². The summed E-state index contributed by atoms with van der Waals surface area (Å²) in [4.78, 5) is 11.5. The van der Waals surface area contributed by atoms with Crippen molar-refractivity contribution in [3.8, 4) is 0 Å². The highest BCUT2D eigenvalue weighted by Gasteiger charge is 2.19. The van der Waals surface area contributed by atoms with Crippen molar-refractivity contribution in [1.82, 2.24) is 5.32 Å². The van der Waals surface area contributed by atoms with Crippen molar-refractivity contribution in [3.05, 3.63) is 59.7 Å². The molecule has 0 aliphatic heterocycles. The highest BCUT2D eigenvalue weighted by molar-refractivity contribution is 7.92. The van der Waals surface area contributed by atoms with Gasteiger partial charge in [-0.2, -0.15) is 0 Å². The fraction of sp³-hybridized carbons (Fsp3) is 0.278. The van der Waals surface area contributed by atoms with Gasteiger partial charge in [0.2, 0.25) is 5.91 Å². The molecule has 9 heteroatoms. The molecule has 2 rings (SSSR count). The summed E-state index contributed by atoms with van der Waals surface area (Å²) in [7, 11) is -4.08. The number of sulfonamides is 1. The molecule has 2 aromatic rings. The van der Waals surface area contributed by atoms with Crippen LogP contribution in [-0.4, -0.2) is 31.6 Å². The van der Waals surface area contributed by atoms with Crippen LogP contribution in [0.15, 0.2) is 47.4 Å². The predicted octanol–water partition coefficient (Wildman–Crippen LogP) is 2.20. The maximum atomic E-state index is 13.2. The molecule has 0 aliphatic carbocycles. The Labute approximate surface area is 156 Å². The molecule has 146 valence electrons. The van der Waals surface area contributed by atoms with Gasteiger partial charge in [0, 0.05) is 5.69 Å². The van der Waals surface area contributed by atoms with Crippen molar-refractivity contribution in [2.75, 3.05) is 11.3 Å². The fourth-order valence-corrected chi connectivity index (χ4v) is 3.27. The van der Waals surface area contributed by atoms with Crippen LogP contribution in [0.4, 0.5) is 14.5 Å². The van der Waals surface area contributed by atoms with Gasteiger partial charge in [0.1, 0.15) is 0 Å². The lowest BCUT2D eigenvalue weighted by molar-refractivity contribution is -0.122. The molecule has 0 spiro atoms. The Kier molecular flexibility index (Phi) is 6.17. The number of aliphatic hydroxyl groups is 1. The molecule has 2 aromatic carbocycles. The Morgan fingerprint density at radius 1 is 1.07 bits per heavy atom. The third kappa shape index (κ3) is 5.73. The van der Waals surface area contributed by atoms with Gasteiger partial charge in [0.15, 0.2) is 11.6 Å². The summed E-state index contributed by atoms with van der Waals surface area (Å²) >= 11 is 0. The minimum atomic E-state index is -4.08. The van der Waals surface area contributed by atoms with Gasteiger partial charge in [0.25, 0.3) is 10.0 Å². The first kappa shape index (κ1) is 20.8. The van der Waals surface area contributed by atoms with E-state index in [4.69, 9.17) is 5.11 Å². The van der Waals surface area contributed by atoms with E-state index < -0.39 is 32.1 Å². The minimum Gasteiger partial charge on any atom is -0.394 e. The summed E-state index contributed by atoms with van der Waals surface area (Å²) < 4.78 is 52.9. The molecule has 0 saturated carbocycles. The Morgan fingerprint density at radius 3 is 2.26 bits per heavy atom. The third-order valence-electron chi connectivity index (χ3n) is 3.65. The van der Waals surface area contributed by atoms with Crippen LogP contribution in [0.2, 0.25) is 0 Å². The van der Waals surface area contributed by atoms with E-state index in [9.17, 15) is 22.0 Å². The highest BCUT2D eigenvalue weighted by atomic mass is 32.2. The number of halogens is 2. The van der Waals surface area contributed by atoms with E-state index in [1.807, 2.05) is 0 Å². The molecule has 0 fully saturated rings. The van der Waals surface area contributed by atoms with Crippen molar-refractivity contribution in [2.45, 2.75) is 30.7 Å². The number of nitrogens with one attached hydrogen (secondary N) is 2. The topological polar surface area (TPSA) is 95.5 Å². The minimum absolute atomic E-state index is 0.0552. The lowest BCUT2D eigenvalue weighted by Crippen LogP contribution is -2.46. The molecule has 0 unspecified atom stereocenters. The van der Waals surface area contributed by atoms with Gasteiger partial charge in [-0.25, -0.2) is 17.2 Å². The summed E-state index contributed by atoms with van der Waals surface area (Å²) in [6.07, 6.45) is 0.0552. The monoisotopic (exact) mass is 398 g/mol. The lowest BCUT2D eigenvalue weighted by Gasteiger charge is -2.23. The fourth-order valence-electron chi connectivity index (χ4n) is 2.20. The Morgan fingerprint density at radius 2 is 1.70 bits per heavy atom. The predicted molar refractivity (Wildman–Crippen MR) is 96.6 cm³/mol. The molecule has 0 saturated heterocycles. The standard InChI is InChI=1S/C18H20F2N2O4S/c1-18(2,11-23)21-17(24)9-12-3-5-13(6-4-12)22-27(25,26)14-7-8-15(19)16(20)10-14/h3-8,10,22-23H,9,11H2,1-2H3,(H,21,24). The molecule has 0 aromatic heterocycles. The second-order valence-corrected chi connectivity index (χ2v) is 8.33. The number of carbonyl (C=O) groups excluding carboxylic acids is 1. The van der Waals surface area contributed by atoms with Crippen LogP contribution in [0.5, 0.6) is 0 Å². The average Bonchev–Trinajstić information content (AvgIpc) is 2.58. The smallest absolute Gasteiger partial charge is 0.261 e. The van der Waals surface area contributed by atoms with Crippen LogP contribution in [0.3, 0.4) is 0 Å². The normalized spacial score (nSPS) is 11.9. The number of carbonyl (C=O) groups is 1. The largest absolute Gasteiger partial charge is 0.394 e. The summed E-state index contributed by atoms with van der Waals surface area (Å²) in [5, 5.41) is 11.8. The second kappa shape index (κ2) is 8.01. The molecule has 0 atom stereocenters. The summed E-state index contributed by atoms with van der Waals surface area (Å²) in [6, 6.07) is 8.33. The maximum Gasteiger partial charge on any atom is 0.261 e. The average molecular weight is 398 g/mol. The van der Waals surface area contributed by atoms with E-state index in [1.54, 1.807) is 26.0 Å². The van der Waals surface area contributed by atoms with E-state index in [0.29, 0.717) is 11.6 Å². The molecule has 27 heavy (non-hydrogen) atoms. The quantitative estimate of drug-likeness (QED) is 0.666. The van der Waals surface area contributed by atoms with Crippen LogP contribution in [0, 0.1) is 11.6 Å². The highest BCUT2D eigenvalue weighted by Crippen LogP contribution is 2.19. The SMILES string of the molecule is CC(C)(CO)NC(=O)Cc1ccc(NS(=O)(=O)c2ccc(F)c(F)c2)cc1. The van der Waals surface area contributed by atoms with Crippen molar-refractivity contribution in [3.63, 3.8) is 0 Å². The van der Waals surface area contributed by atoms with Gasteiger partial charge >= 0.3 is 0 Å². The van der Waals surface area contributed by atoms with Crippen LogP contribution in [0.1, 0.15) is 19.4 Å². The second-order valence-electron chi connectivity index (χ2n) is 6.65. The van der Waals surface area contributed by atoms with Gasteiger partial charge in [-0.05, 0) is 49.7 Å². The summed E-state index contributed by atoms with van der Waals surface area (Å²) in [5.74, 6) is -2.69. The summed E-state index contributed by atoms with van der Waals surface area (Å²) in [5.41, 5.74) is 0.105. The van der Waals surface area contributed by atoms with Gasteiger partial charge in [0.05, 0.1) is 23.5 Å². The van der Waals surface area contributed by atoms with Crippen molar-refractivity contribution in [2.24, 2.45) is 0 Å². The van der Waals surface area contributed by atoms with Gasteiger partial charge in [-0.15, -0.1) is 0 Å². The zero-order valence-electron chi connectivity index (χ0n) is 14.8. The maximum absolute atomic E-state index is 13.2. The zero-order valence-corrected chi connectivity index (χ0v) is 15.6. The Bertz CT molecular complexity index is 929. The number of benzene rings is 2. The molecule has 0 bridgehead atoms. The Balaban J connectivity index is 2.06. The number of hydrogen-bond donors (Lipinski definition) is 3. The van der Waals surface area contributed by atoms with Crippen molar-refractivity contribution >= 4 is 21.6 Å². The van der Waals surface area contributed by atoms with E-state index in [0.717, 1.165) is 12.1 Å². The number of amides is 1. The van der Waals surface area contributed by atoms with E-state index in [2.05, 4.69) is 10.0 Å². The third-order valence-corrected chi connectivity index (χ3v) is 5.02. The van der Waals surface area contributed by atoms with Gasteiger partial charge < -0.3 is 10.4 Å². The number of aliphatic hydroxyl groups excluding tert-OH is 1.